The van der Waals surface area contributed by atoms with Crippen LogP contribution in [0.1, 0.15) is 43.7 Å². The molecule has 1 aromatic heterocycles. The maximum absolute atomic E-state index is 6.42. The van der Waals surface area contributed by atoms with Crippen LogP contribution in [0.3, 0.4) is 0 Å². The number of fused-ring (bicyclic) bond motifs is 1. The molecule has 0 radical (unpaired) electrons. The fraction of sp³-hybridized carbons (Fsp3) is 0.438. The number of nitrogens with two attached hydrogens (primary N) is 1. The first-order valence-electron chi connectivity index (χ1n) is 6.95. The van der Waals surface area contributed by atoms with Gasteiger partial charge in [0.25, 0.3) is 0 Å². The van der Waals surface area contributed by atoms with E-state index < -0.39 is 0 Å². The molecule has 2 nitrogen and oxygen atoms in total. The van der Waals surface area contributed by atoms with E-state index in [0.717, 1.165) is 5.52 Å². The molecule has 0 aliphatic heterocycles. The summed E-state index contributed by atoms with van der Waals surface area (Å²) in [6.07, 6.45) is 8.54. The van der Waals surface area contributed by atoms with Crippen LogP contribution < -0.4 is 5.73 Å². The SMILES string of the molecule is NC(c1cnc2ccccc2c1)C1CCCCC1. The lowest BCUT2D eigenvalue weighted by Gasteiger charge is -2.27. The van der Waals surface area contributed by atoms with Crippen molar-refractivity contribution in [3.63, 3.8) is 0 Å². The zero-order chi connectivity index (χ0) is 12.4. The molecule has 0 bridgehead atoms. The quantitative estimate of drug-likeness (QED) is 0.866. The standard InChI is InChI=1S/C16H20N2/c17-16(12-6-2-1-3-7-12)14-10-13-8-4-5-9-15(13)18-11-14/h4-5,8-12,16H,1-3,6-7,17H2. The van der Waals surface area contributed by atoms with Crippen LogP contribution in [0, 0.1) is 5.92 Å². The summed E-state index contributed by atoms with van der Waals surface area (Å²) in [7, 11) is 0. The molecule has 0 saturated heterocycles. The monoisotopic (exact) mass is 240 g/mol. The van der Waals surface area contributed by atoms with E-state index in [1.165, 1.54) is 43.1 Å². The number of pyridine rings is 1. The molecule has 0 spiro atoms. The Morgan fingerprint density at radius 2 is 1.89 bits per heavy atom. The summed E-state index contributed by atoms with van der Waals surface area (Å²) in [6.45, 7) is 0. The van der Waals surface area contributed by atoms with Gasteiger partial charge in [0, 0.05) is 17.6 Å². The van der Waals surface area contributed by atoms with Crippen LogP contribution in [0.25, 0.3) is 10.9 Å². The summed E-state index contributed by atoms with van der Waals surface area (Å²) in [5.74, 6) is 0.640. The second-order valence-electron chi connectivity index (χ2n) is 5.39. The van der Waals surface area contributed by atoms with Gasteiger partial charge in [-0.05, 0) is 36.5 Å². The first-order valence-corrected chi connectivity index (χ1v) is 6.95. The molecular weight excluding hydrogens is 220 g/mol. The van der Waals surface area contributed by atoms with Crippen LogP contribution in [0.2, 0.25) is 0 Å². The smallest absolute Gasteiger partial charge is 0.0702 e. The van der Waals surface area contributed by atoms with Crippen molar-refractivity contribution in [2.75, 3.05) is 0 Å². The largest absolute Gasteiger partial charge is 0.324 e. The van der Waals surface area contributed by atoms with Gasteiger partial charge < -0.3 is 5.73 Å². The highest BCUT2D eigenvalue weighted by molar-refractivity contribution is 5.78. The van der Waals surface area contributed by atoms with Gasteiger partial charge in [0.15, 0.2) is 0 Å². The Bertz CT molecular complexity index is 529. The van der Waals surface area contributed by atoms with E-state index in [9.17, 15) is 0 Å². The third-order valence-corrected chi connectivity index (χ3v) is 4.15. The summed E-state index contributed by atoms with van der Waals surface area (Å²) in [6, 6.07) is 10.6. The molecule has 2 aromatic rings. The molecule has 2 N–H and O–H groups in total. The van der Waals surface area contributed by atoms with Gasteiger partial charge in [-0.3, -0.25) is 4.98 Å². The van der Waals surface area contributed by atoms with Gasteiger partial charge in [-0.15, -0.1) is 0 Å². The molecule has 94 valence electrons. The number of nitrogens with zero attached hydrogens (tertiary/aromatic N) is 1. The fourth-order valence-electron chi connectivity index (χ4n) is 3.04. The molecule has 0 amide bonds. The molecule has 18 heavy (non-hydrogen) atoms. The van der Waals surface area contributed by atoms with Crippen LogP contribution in [0.5, 0.6) is 0 Å². The summed E-state index contributed by atoms with van der Waals surface area (Å²) in [5.41, 5.74) is 8.67. The zero-order valence-corrected chi connectivity index (χ0v) is 10.7. The van der Waals surface area contributed by atoms with E-state index in [-0.39, 0.29) is 6.04 Å². The summed E-state index contributed by atoms with van der Waals surface area (Å²) in [5, 5.41) is 1.20. The van der Waals surface area contributed by atoms with Gasteiger partial charge in [0.05, 0.1) is 5.52 Å². The molecule has 1 unspecified atom stereocenters. The Labute approximate surface area is 108 Å². The van der Waals surface area contributed by atoms with E-state index >= 15 is 0 Å². The summed E-state index contributed by atoms with van der Waals surface area (Å²) < 4.78 is 0. The first kappa shape index (κ1) is 11.7. The average molecular weight is 240 g/mol. The van der Waals surface area contributed by atoms with Crippen LogP contribution in [0.4, 0.5) is 0 Å². The predicted molar refractivity (Wildman–Crippen MR) is 75.2 cm³/mol. The molecule has 1 aliphatic carbocycles. The average Bonchev–Trinajstić information content (AvgIpc) is 2.47. The lowest BCUT2D eigenvalue weighted by Crippen LogP contribution is -2.23. The number of hydrogen-bond acceptors (Lipinski definition) is 2. The van der Waals surface area contributed by atoms with Crippen molar-refractivity contribution in [2.24, 2.45) is 11.7 Å². The van der Waals surface area contributed by atoms with Crippen molar-refractivity contribution in [3.8, 4) is 0 Å². The van der Waals surface area contributed by atoms with E-state index in [1.807, 2.05) is 18.3 Å². The predicted octanol–water partition coefficient (Wildman–Crippen LogP) is 3.81. The normalized spacial score (nSPS) is 18.9. The second-order valence-corrected chi connectivity index (χ2v) is 5.39. The molecule has 2 heteroatoms. The van der Waals surface area contributed by atoms with Gasteiger partial charge in [0.2, 0.25) is 0 Å². The van der Waals surface area contributed by atoms with Crippen molar-refractivity contribution in [2.45, 2.75) is 38.1 Å². The number of hydrogen-bond donors (Lipinski definition) is 1. The molecular formula is C16H20N2. The Kier molecular flexibility index (Phi) is 3.28. The van der Waals surface area contributed by atoms with Crippen molar-refractivity contribution in [3.05, 3.63) is 42.1 Å². The maximum Gasteiger partial charge on any atom is 0.0702 e. The molecule has 1 heterocycles. The third kappa shape index (κ3) is 2.25. The first-order chi connectivity index (χ1) is 8.84. The van der Waals surface area contributed by atoms with E-state index in [0.29, 0.717) is 5.92 Å². The number of rotatable bonds is 2. The second kappa shape index (κ2) is 5.07. The van der Waals surface area contributed by atoms with Crippen LogP contribution >= 0.6 is 0 Å². The Morgan fingerprint density at radius 1 is 1.11 bits per heavy atom. The third-order valence-electron chi connectivity index (χ3n) is 4.15. The summed E-state index contributed by atoms with van der Waals surface area (Å²) in [4.78, 5) is 4.52. The van der Waals surface area contributed by atoms with Crippen LogP contribution in [0.15, 0.2) is 36.5 Å². The van der Waals surface area contributed by atoms with E-state index in [2.05, 4.69) is 23.2 Å². The van der Waals surface area contributed by atoms with Gasteiger partial charge in [0.1, 0.15) is 0 Å². The van der Waals surface area contributed by atoms with Crippen LogP contribution in [-0.2, 0) is 0 Å². The lowest BCUT2D eigenvalue weighted by molar-refractivity contribution is 0.308. The molecule has 1 saturated carbocycles. The minimum atomic E-state index is 0.155. The topological polar surface area (TPSA) is 38.9 Å². The van der Waals surface area contributed by atoms with Crippen molar-refractivity contribution < 1.29 is 0 Å². The number of para-hydroxylation sites is 1. The Hall–Kier alpha value is -1.41. The van der Waals surface area contributed by atoms with E-state index in [4.69, 9.17) is 5.73 Å². The highest BCUT2D eigenvalue weighted by Crippen LogP contribution is 2.33. The molecule has 1 atom stereocenters. The molecule has 3 rings (SSSR count). The van der Waals surface area contributed by atoms with Gasteiger partial charge in [-0.25, -0.2) is 0 Å². The van der Waals surface area contributed by atoms with Crippen molar-refractivity contribution in [1.29, 1.82) is 0 Å². The zero-order valence-electron chi connectivity index (χ0n) is 10.7. The lowest BCUT2D eigenvalue weighted by atomic mass is 9.82. The van der Waals surface area contributed by atoms with Gasteiger partial charge >= 0.3 is 0 Å². The highest BCUT2D eigenvalue weighted by Gasteiger charge is 2.22. The minimum Gasteiger partial charge on any atom is -0.324 e. The molecule has 1 fully saturated rings. The minimum absolute atomic E-state index is 0.155. The number of aromatic nitrogens is 1. The Balaban J connectivity index is 1.88. The maximum atomic E-state index is 6.42. The van der Waals surface area contributed by atoms with Crippen molar-refractivity contribution in [1.82, 2.24) is 4.98 Å². The van der Waals surface area contributed by atoms with E-state index in [1.54, 1.807) is 0 Å². The number of benzene rings is 1. The molecule has 1 aromatic carbocycles. The highest BCUT2D eigenvalue weighted by atomic mass is 14.7. The Morgan fingerprint density at radius 3 is 2.72 bits per heavy atom. The van der Waals surface area contributed by atoms with Gasteiger partial charge in [-0.2, -0.15) is 0 Å². The van der Waals surface area contributed by atoms with Gasteiger partial charge in [-0.1, -0.05) is 37.5 Å². The summed E-state index contributed by atoms with van der Waals surface area (Å²) >= 11 is 0. The fourth-order valence-corrected chi connectivity index (χ4v) is 3.04. The molecule has 1 aliphatic rings. The van der Waals surface area contributed by atoms with Crippen LogP contribution in [-0.4, -0.2) is 4.98 Å². The van der Waals surface area contributed by atoms with Crippen molar-refractivity contribution >= 4 is 10.9 Å².